The third-order valence-corrected chi connectivity index (χ3v) is 3.87. The van der Waals surface area contributed by atoms with Gasteiger partial charge in [0.05, 0.1) is 16.0 Å². The Balaban J connectivity index is 0.00000400. The predicted molar refractivity (Wildman–Crippen MR) is 65.7 cm³/mol. The molecule has 0 amide bonds. The topological polar surface area (TPSA) is 183 Å². The zero-order chi connectivity index (χ0) is 15.9. The van der Waals surface area contributed by atoms with E-state index in [1.54, 1.807) is 0 Å². The predicted octanol–water partition coefficient (Wildman–Crippen LogP) is -0.804. The molecule has 1 aromatic carbocycles. The van der Waals surface area contributed by atoms with Crippen molar-refractivity contribution >= 4 is 61.7 Å². The van der Waals surface area contributed by atoms with Gasteiger partial charge in [0, 0.05) is 29.6 Å². The first-order chi connectivity index (χ1) is 8.85. The van der Waals surface area contributed by atoms with Gasteiger partial charge in [0.2, 0.25) is 0 Å². The molecule has 1 radical (unpaired) electrons. The van der Waals surface area contributed by atoms with Gasteiger partial charge in [-0.3, -0.25) is 9.11 Å². The molecule has 4 N–H and O–H groups in total. The number of carbonyl (C=O) groups is 2. The van der Waals surface area contributed by atoms with Crippen LogP contribution in [0.15, 0.2) is 21.9 Å². The Morgan fingerprint density at radius 2 is 1.14 bits per heavy atom. The second-order valence-electron chi connectivity index (χ2n) is 3.41. The molecule has 1 aromatic rings. The van der Waals surface area contributed by atoms with Gasteiger partial charge < -0.3 is 10.2 Å². The van der Waals surface area contributed by atoms with Gasteiger partial charge in [-0.05, 0) is 12.1 Å². The van der Waals surface area contributed by atoms with E-state index in [4.69, 9.17) is 19.3 Å². The van der Waals surface area contributed by atoms with Crippen LogP contribution in [0.5, 0.6) is 0 Å². The molecular formula is C8H6NaO10S2. The Hall–Kier alpha value is -1.02. The molecular weight excluding hydrogens is 343 g/mol. The molecule has 21 heavy (non-hydrogen) atoms. The minimum atomic E-state index is -5.25. The van der Waals surface area contributed by atoms with Crippen molar-refractivity contribution in [3.05, 3.63) is 23.3 Å². The monoisotopic (exact) mass is 349 g/mol. The fourth-order valence-electron chi connectivity index (χ4n) is 1.35. The minimum Gasteiger partial charge on any atom is -0.478 e. The molecule has 10 nitrogen and oxygen atoms in total. The molecule has 0 heterocycles. The van der Waals surface area contributed by atoms with Crippen LogP contribution in [0.2, 0.25) is 0 Å². The van der Waals surface area contributed by atoms with Crippen LogP contribution in [0.3, 0.4) is 0 Å². The largest absolute Gasteiger partial charge is 0.478 e. The summed E-state index contributed by atoms with van der Waals surface area (Å²) in [4.78, 5) is 19.1. The summed E-state index contributed by atoms with van der Waals surface area (Å²) in [7, 11) is -10.2. The third-order valence-electron chi connectivity index (χ3n) is 2.08. The molecule has 0 saturated carbocycles. The molecule has 0 aliphatic rings. The van der Waals surface area contributed by atoms with E-state index in [-0.39, 0.29) is 41.7 Å². The van der Waals surface area contributed by atoms with Gasteiger partial charge in [0.25, 0.3) is 20.2 Å². The zero-order valence-electron chi connectivity index (χ0n) is 10.2. The molecule has 13 heteroatoms. The first-order valence-electron chi connectivity index (χ1n) is 4.45. The van der Waals surface area contributed by atoms with Crippen LogP contribution in [0.25, 0.3) is 0 Å². The summed E-state index contributed by atoms with van der Waals surface area (Å²) in [5, 5.41) is 17.6. The Morgan fingerprint density at radius 1 is 0.810 bits per heavy atom. The smallest absolute Gasteiger partial charge is 0.337 e. The van der Waals surface area contributed by atoms with Crippen LogP contribution in [0.4, 0.5) is 0 Å². The Bertz CT molecular complexity index is 772. The van der Waals surface area contributed by atoms with E-state index in [2.05, 4.69) is 0 Å². The molecule has 111 valence electrons. The first-order valence-corrected chi connectivity index (χ1v) is 7.33. The van der Waals surface area contributed by atoms with Crippen LogP contribution in [-0.2, 0) is 20.2 Å². The summed E-state index contributed by atoms with van der Waals surface area (Å²) < 4.78 is 61.6. The number of benzene rings is 1. The van der Waals surface area contributed by atoms with E-state index in [1.807, 2.05) is 0 Å². The standard InChI is InChI=1S/C8H6O10S2.Na/c9-7(10)4-1-3(19(13,14)15)2-5(8(11)12)6(4)20(16,17)18;/h1-2H,(H,9,10)(H,11,12)(H,13,14,15)(H,16,17,18);. The number of carboxylic acid groups (broad SMARTS) is 2. The van der Waals surface area contributed by atoms with Gasteiger partial charge in [-0.15, -0.1) is 0 Å². The van der Waals surface area contributed by atoms with Gasteiger partial charge in [-0.2, -0.15) is 16.8 Å². The van der Waals surface area contributed by atoms with Gasteiger partial charge in [-0.1, -0.05) is 0 Å². The molecule has 0 unspecified atom stereocenters. The Morgan fingerprint density at radius 3 is 1.33 bits per heavy atom. The van der Waals surface area contributed by atoms with Crippen molar-refractivity contribution in [1.29, 1.82) is 0 Å². The molecule has 0 aliphatic heterocycles. The van der Waals surface area contributed by atoms with Crippen LogP contribution in [0, 0.1) is 0 Å². The van der Waals surface area contributed by atoms with Crippen molar-refractivity contribution in [2.45, 2.75) is 9.79 Å². The molecule has 0 bridgehead atoms. The number of aromatic carboxylic acids is 2. The average Bonchev–Trinajstić information content (AvgIpc) is 2.24. The van der Waals surface area contributed by atoms with E-state index in [1.165, 1.54) is 0 Å². The second-order valence-corrected chi connectivity index (χ2v) is 6.19. The van der Waals surface area contributed by atoms with Crippen molar-refractivity contribution in [3.8, 4) is 0 Å². The van der Waals surface area contributed by atoms with Crippen molar-refractivity contribution in [2.24, 2.45) is 0 Å². The minimum absolute atomic E-state index is 0. The first kappa shape index (κ1) is 20.0. The van der Waals surface area contributed by atoms with E-state index < -0.39 is 53.1 Å². The summed E-state index contributed by atoms with van der Waals surface area (Å²) in [6, 6.07) is 0.431. The SMILES string of the molecule is O=C(O)c1cc(S(=O)(=O)O)cc(C(=O)O)c1S(=O)(=O)O.[Na]. The van der Waals surface area contributed by atoms with Crippen LogP contribution in [0.1, 0.15) is 20.7 Å². The molecule has 0 aromatic heterocycles. The molecule has 0 fully saturated rings. The molecule has 0 aliphatic carbocycles. The van der Waals surface area contributed by atoms with E-state index in [0.717, 1.165) is 0 Å². The molecule has 1 rings (SSSR count). The maximum atomic E-state index is 11.1. The van der Waals surface area contributed by atoms with E-state index in [9.17, 15) is 26.4 Å². The Kier molecular flexibility index (Phi) is 6.08. The van der Waals surface area contributed by atoms with Crippen molar-refractivity contribution in [1.82, 2.24) is 0 Å². The average molecular weight is 349 g/mol. The van der Waals surface area contributed by atoms with Crippen LogP contribution >= 0.6 is 0 Å². The van der Waals surface area contributed by atoms with Crippen molar-refractivity contribution < 1.29 is 45.7 Å². The van der Waals surface area contributed by atoms with Crippen LogP contribution in [-0.4, -0.2) is 77.7 Å². The maximum Gasteiger partial charge on any atom is 0.337 e. The quantitative estimate of drug-likeness (QED) is 0.396. The second kappa shape index (κ2) is 6.39. The van der Waals surface area contributed by atoms with Crippen molar-refractivity contribution in [2.75, 3.05) is 0 Å². The fraction of sp³-hybridized carbons (Fsp3) is 0. The number of hydrogen-bond donors (Lipinski definition) is 4. The number of hydrogen-bond acceptors (Lipinski definition) is 6. The normalized spacial score (nSPS) is 11.5. The Labute approximate surface area is 140 Å². The van der Waals surface area contributed by atoms with E-state index in [0.29, 0.717) is 0 Å². The summed E-state index contributed by atoms with van der Waals surface area (Å²) in [5.74, 6) is -4.02. The summed E-state index contributed by atoms with van der Waals surface area (Å²) >= 11 is 0. The van der Waals surface area contributed by atoms with Crippen molar-refractivity contribution in [3.63, 3.8) is 0 Å². The number of rotatable bonds is 4. The maximum absolute atomic E-state index is 11.1. The van der Waals surface area contributed by atoms with Gasteiger partial charge >= 0.3 is 11.9 Å². The molecule has 0 saturated heterocycles. The summed E-state index contributed by atoms with van der Waals surface area (Å²) in [6.45, 7) is 0. The zero-order valence-corrected chi connectivity index (χ0v) is 13.8. The van der Waals surface area contributed by atoms with Gasteiger partial charge in [0.15, 0.2) is 0 Å². The van der Waals surface area contributed by atoms with Gasteiger partial charge in [0.1, 0.15) is 4.90 Å². The summed E-state index contributed by atoms with van der Waals surface area (Å²) in [5.41, 5.74) is -2.61. The summed E-state index contributed by atoms with van der Waals surface area (Å²) in [6.07, 6.45) is 0. The molecule has 0 atom stereocenters. The number of carboxylic acids is 2. The van der Waals surface area contributed by atoms with Crippen LogP contribution < -0.4 is 0 Å². The fourth-order valence-corrected chi connectivity index (χ4v) is 2.73. The molecule has 0 spiro atoms. The van der Waals surface area contributed by atoms with Gasteiger partial charge in [-0.25, -0.2) is 9.59 Å². The van der Waals surface area contributed by atoms with E-state index >= 15 is 0 Å². The third kappa shape index (κ3) is 4.47.